The van der Waals surface area contributed by atoms with Gasteiger partial charge in [-0.25, -0.2) is 14.4 Å². The summed E-state index contributed by atoms with van der Waals surface area (Å²) in [5.41, 5.74) is 25.5. The largest absolute Gasteiger partial charge is 0.445 e. The lowest BCUT2D eigenvalue weighted by atomic mass is 9.85. The first-order chi connectivity index (χ1) is 46.5. The molecule has 2 saturated carbocycles. The number of rotatable bonds is 20. The highest BCUT2D eigenvalue weighted by Gasteiger charge is 2.61. The second-order valence-corrected chi connectivity index (χ2v) is 26.6. The zero-order valence-electron chi connectivity index (χ0n) is 54.5. The first-order valence-electron chi connectivity index (χ1n) is 33.3. The lowest BCUT2D eigenvalue weighted by Crippen LogP contribution is -2.70. The van der Waals surface area contributed by atoms with E-state index >= 15 is 0 Å². The van der Waals surface area contributed by atoms with E-state index < -0.39 is 221 Å². The Balaban J connectivity index is 0.000000228. The fraction of sp³-hybridized carbons (Fsp3) is 0.762. The van der Waals surface area contributed by atoms with Gasteiger partial charge >= 0.3 is 18.3 Å². The van der Waals surface area contributed by atoms with Gasteiger partial charge in [0.2, 0.25) is 0 Å². The molecule has 0 spiro atoms. The van der Waals surface area contributed by atoms with Crippen LogP contribution in [0.2, 0.25) is 0 Å². The molecule has 32 atom stereocenters. The molecule has 18 unspecified atom stereocenters. The summed E-state index contributed by atoms with van der Waals surface area (Å²) >= 11 is 0. The average Bonchev–Trinajstić information content (AvgIpc) is 1.66. The second kappa shape index (κ2) is 33.8. The molecule has 9 fully saturated rings. The number of carbonyl (C=O) groups excluding carboxylic acids is 3. The Morgan fingerprint density at radius 1 is 0.557 bits per heavy atom. The van der Waals surface area contributed by atoms with Crippen molar-refractivity contribution in [1.29, 1.82) is 0 Å². The van der Waals surface area contributed by atoms with Crippen LogP contribution in [0, 0.1) is 11.8 Å². The molecule has 9 aliphatic rings. The predicted octanol–water partition coefficient (Wildman–Crippen LogP) is -4.83. The quantitative estimate of drug-likeness (QED) is 0.0553. The van der Waals surface area contributed by atoms with Crippen LogP contribution < -0.4 is 44.2 Å². The fourth-order valence-electron chi connectivity index (χ4n) is 14.1. The van der Waals surface area contributed by atoms with Crippen LogP contribution in [0.3, 0.4) is 0 Å². The van der Waals surface area contributed by atoms with Crippen molar-refractivity contribution in [3.05, 3.63) is 71.8 Å². The lowest BCUT2D eigenvalue weighted by molar-refractivity contribution is -0.376. The molecule has 2 aromatic carbocycles. The van der Waals surface area contributed by atoms with Crippen molar-refractivity contribution in [3.8, 4) is 0 Å². The number of carbonyl (C=O) groups is 3. The third-order valence-corrected chi connectivity index (χ3v) is 19.8. The van der Waals surface area contributed by atoms with Gasteiger partial charge in [-0.1, -0.05) is 74.5 Å². The van der Waals surface area contributed by atoms with Crippen LogP contribution >= 0.6 is 0 Å². The molecule has 2 aromatic rings. The van der Waals surface area contributed by atoms with Crippen molar-refractivity contribution in [2.75, 3.05) is 40.4 Å². The van der Waals surface area contributed by atoms with Gasteiger partial charge in [0.15, 0.2) is 43.8 Å². The number of likely N-dealkylation sites (N-methyl/N-ethyl adjacent to an activating group) is 2. The zero-order valence-corrected chi connectivity index (χ0v) is 54.5. The minimum Gasteiger partial charge on any atom is -0.445 e. The molecular formula is C63H99N9O25. The summed E-state index contributed by atoms with van der Waals surface area (Å²) in [6.45, 7) is 3.33. The SMILES string of the molecule is CC1C[C@@H]2OC(O[C@H]3OC(CO)[C@@H](C)[C@H](O)C3O)C3C(OC(=O)N3C)C2O[C@@H]1O[C@H]1CC(O)[C@H](NC(=O)OCc2ccccc2)CC1NC(=O)OCc1ccccc1.CNC1C(O[C@H]2OC(CO)[C@@H](NCCN)[C@H](O)C2O)O[C@H]2CC(N)[C@@H](O[C@H]3CC(O)[C@H](N)CC3N)OC2C1O. The molecule has 7 heterocycles. The van der Waals surface area contributed by atoms with Crippen molar-refractivity contribution >= 4 is 18.3 Å². The van der Waals surface area contributed by atoms with Gasteiger partial charge in [-0.2, -0.15) is 0 Å². The smallest absolute Gasteiger partial charge is 0.410 e. The molecule has 34 heteroatoms. The van der Waals surface area contributed by atoms with E-state index in [1.54, 1.807) is 14.0 Å². The number of fused-ring (bicyclic) bond motifs is 4. The van der Waals surface area contributed by atoms with Gasteiger partial charge in [-0.3, -0.25) is 4.90 Å². The number of aliphatic hydroxyl groups excluding tert-OH is 9. The Bertz CT molecular complexity index is 2800. The predicted molar refractivity (Wildman–Crippen MR) is 333 cm³/mol. The summed E-state index contributed by atoms with van der Waals surface area (Å²) < 4.78 is 78.0. The van der Waals surface area contributed by atoms with Crippen molar-refractivity contribution in [2.45, 2.75) is 249 Å². The van der Waals surface area contributed by atoms with Gasteiger partial charge in [0.05, 0.1) is 92.3 Å². The molecule has 546 valence electrons. The summed E-state index contributed by atoms with van der Waals surface area (Å²) in [6.07, 6.45) is -23.2. The third kappa shape index (κ3) is 17.6. The number of nitrogens with one attached hydrogen (secondary N) is 4. The summed E-state index contributed by atoms with van der Waals surface area (Å²) in [7, 11) is 3.11. The van der Waals surface area contributed by atoms with Crippen LogP contribution in [0.25, 0.3) is 0 Å². The molecule has 0 bridgehead atoms. The number of aliphatic hydroxyl groups is 9. The van der Waals surface area contributed by atoms with E-state index in [4.69, 9.17) is 84.5 Å². The molecule has 2 aliphatic carbocycles. The van der Waals surface area contributed by atoms with Crippen LogP contribution in [0.4, 0.5) is 14.4 Å². The maximum Gasteiger partial charge on any atom is 0.410 e. The number of nitrogens with zero attached hydrogens (tertiary/aromatic N) is 1. The minimum absolute atomic E-state index is 0.00680. The fourth-order valence-corrected chi connectivity index (χ4v) is 14.1. The Kier molecular flexibility index (Phi) is 26.1. The number of alkyl carbamates (subject to hydrolysis) is 2. The first kappa shape index (κ1) is 74.9. The van der Waals surface area contributed by atoms with E-state index in [-0.39, 0.29) is 51.4 Å². The first-order valence-corrected chi connectivity index (χ1v) is 33.3. The third-order valence-electron chi connectivity index (χ3n) is 19.8. The number of ether oxygens (including phenoxy) is 13. The highest BCUT2D eigenvalue weighted by Crippen LogP contribution is 2.43. The molecule has 7 saturated heterocycles. The maximum atomic E-state index is 13.2. The normalized spacial score (nSPS) is 43.5. The average molecular weight is 1380 g/mol. The number of nitrogens with two attached hydrogens (primary N) is 4. The van der Waals surface area contributed by atoms with Crippen molar-refractivity contribution in [3.63, 3.8) is 0 Å². The Labute approximate surface area is 560 Å². The zero-order chi connectivity index (χ0) is 69.5. The molecule has 3 amide bonds. The van der Waals surface area contributed by atoms with Crippen LogP contribution in [0.15, 0.2) is 60.7 Å². The van der Waals surface area contributed by atoms with Gasteiger partial charge < -0.3 is 152 Å². The van der Waals surface area contributed by atoms with Crippen LogP contribution in [0.1, 0.15) is 63.5 Å². The van der Waals surface area contributed by atoms with E-state index in [1.165, 1.54) is 11.9 Å². The molecule has 0 aromatic heterocycles. The maximum absolute atomic E-state index is 13.2. The number of hydrogen-bond acceptors (Lipinski definition) is 31. The molecule has 21 N–H and O–H groups in total. The van der Waals surface area contributed by atoms with Crippen LogP contribution in [-0.2, 0) is 74.8 Å². The Morgan fingerprint density at radius 2 is 1.12 bits per heavy atom. The van der Waals surface area contributed by atoms with E-state index in [1.807, 2.05) is 67.6 Å². The van der Waals surface area contributed by atoms with Gasteiger partial charge in [-0.15, -0.1) is 0 Å². The summed E-state index contributed by atoms with van der Waals surface area (Å²) in [6, 6.07) is 12.8. The molecular weight excluding hydrogens is 1280 g/mol. The number of hydrogen-bond donors (Lipinski definition) is 17. The topological polar surface area (TPSA) is 509 Å². The molecule has 34 nitrogen and oxygen atoms in total. The molecule has 7 aliphatic heterocycles. The van der Waals surface area contributed by atoms with Gasteiger partial charge in [0, 0.05) is 56.9 Å². The lowest BCUT2D eigenvalue weighted by Gasteiger charge is -2.51. The Morgan fingerprint density at radius 3 is 1.75 bits per heavy atom. The molecule has 11 rings (SSSR count). The van der Waals surface area contributed by atoms with E-state index in [2.05, 4.69) is 21.3 Å². The van der Waals surface area contributed by atoms with Gasteiger partial charge in [0.1, 0.15) is 62.0 Å². The van der Waals surface area contributed by atoms with Gasteiger partial charge in [-0.05, 0) is 43.9 Å². The van der Waals surface area contributed by atoms with Gasteiger partial charge in [0.25, 0.3) is 0 Å². The molecule has 97 heavy (non-hydrogen) atoms. The van der Waals surface area contributed by atoms with E-state index in [0.717, 1.165) is 11.1 Å². The number of benzene rings is 2. The highest BCUT2D eigenvalue weighted by atomic mass is 16.8. The van der Waals surface area contributed by atoms with Crippen molar-refractivity contribution < 1.29 is 122 Å². The summed E-state index contributed by atoms with van der Waals surface area (Å²) in [4.78, 5) is 40.3. The second-order valence-electron chi connectivity index (χ2n) is 26.6. The summed E-state index contributed by atoms with van der Waals surface area (Å²) in [5.74, 6) is -0.908. The monoisotopic (exact) mass is 1380 g/mol. The number of amides is 3. The standard InChI is InChI=1S/C40H53N3O15.C23H46N6O10/c1-20-14-28-33(34-30(43(3)40(50)57-34)36(54-28)58-37-32(47)31(46)21(2)29(17-44)55-37)56-35(20)53-27-16-26(45)24(41-38(48)51-18-22-10-6-4-7-11-22)15-25(27)42-39(49)52-19-23-12-8-5-9-13-23;1-28-16-18(33)20-13(5-10(27)21(38-20)35-12-6-11(31)8(25)4-9(12)26)36-22(16)39-23-19(34)17(32)15(29-3-2-24)14(7-30)37-23/h4-13,20-21,24-37,44-47H,14-19H2,1-3H3,(H,41,48)(H,42,49);8-23,28-34H,2-7,24-27H2,1H3/t20?,21-,24-,25?,26?,27+,28+,29?,30?,31+,32?,33?,34?,35+,36?,37-;8-,9?,10?,11?,12+,13+,14?,15-,16?,17+,18?,19?,20?,21+,22?,23-/m11/s1. The minimum atomic E-state index is -1.48. The van der Waals surface area contributed by atoms with Crippen LogP contribution in [0.5, 0.6) is 0 Å². The summed E-state index contributed by atoms with van der Waals surface area (Å²) in [5, 5.41) is 107. The van der Waals surface area contributed by atoms with Crippen molar-refractivity contribution in [2.24, 2.45) is 34.8 Å². The Hall–Kier alpha value is -4.75. The molecule has 0 radical (unpaired) electrons. The highest BCUT2D eigenvalue weighted by molar-refractivity contribution is 5.71. The van der Waals surface area contributed by atoms with Crippen molar-refractivity contribution in [1.82, 2.24) is 26.2 Å². The van der Waals surface area contributed by atoms with E-state index in [0.29, 0.717) is 19.4 Å². The van der Waals surface area contributed by atoms with E-state index in [9.17, 15) is 60.3 Å². The van der Waals surface area contributed by atoms with Crippen LogP contribution in [-0.4, -0.2) is 293 Å².